The van der Waals surface area contributed by atoms with Gasteiger partial charge in [0, 0.05) is 38.4 Å². The van der Waals surface area contributed by atoms with Crippen molar-refractivity contribution in [2.45, 2.75) is 13.0 Å². The van der Waals surface area contributed by atoms with Crippen molar-refractivity contribution < 1.29 is 4.79 Å². The van der Waals surface area contributed by atoms with Crippen LogP contribution < -0.4 is 5.32 Å². The Bertz CT molecular complexity index is 887. The molecule has 0 unspecified atom stereocenters. The minimum atomic E-state index is -0.00399. The number of rotatable bonds is 5. The van der Waals surface area contributed by atoms with Crippen LogP contribution in [0.25, 0.3) is 0 Å². The zero-order chi connectivity index (χ0) is 19.2. The average molecular weight is 392 g/mol. The lowest BCUT2D eigenvalue weighted by atomic mass is 10.0. The second-order valence-electron chi connectivity index (χ2n) is 7.14. The molecule has 4 nitrogen and oxygen atoms in total. The van der Waals surface area contributed by atoms with E-state index in [1.807, 2.05) is 41.3 Å². The first kappa shape index (κ1) is 18.7. The number of thiophene rings is 1. The topological polar surface area (TPSA) is 35.6 Å². The van der Waals surface area contributed by atoms with Gasteiger partial charge in [0.05, 0.1) is 0 Å². The van der Waals surface area contributed by atoms with Crippen molar-refractivity contribution in [1.82, 2.24) is 9.80 Å². The zero-order valence-electron chi connectivity index (χ0n) is 15.9. The lowest BCUT2D eigenvalue weighted by Gasteiger charge is -2.34. The third-order valence-electron chi connectivity index (χ3n) is 5.14. The van der Waals surface area contributed by atoms with Gasteiger partial charge in [0.15, 0.2) is 0 Å². The summed E-state index contributed by atoms with van der Waals surface area (Å²) in [5, 5.41) is 7.45. The lowest BCUT2D eigenvalue weighted by Crippen LogP contribution is -2.49. The molecule has 1 fully saturated rings. The molecule has 0 saturated carbocycles. The molecule has 0 spiro atoms. The molecule has 3 aromatic rings. The van der Waals surface area contributed by atoms with Gasteiger partial charge in [-0.05, 0) is 46.0 Å². The molecule has 5 heteroatoms. The Labute approximate surface area is 170 Å². The van der Waals surface area contributed by atoms with Gasteiger partial charge in [-0.2, -0.15) is 11.3 Å². The van der Waals surface area contributed by atoms with E-state index in [1.165, 1.54) is 11.1 Å². The molecule has 2 heterocycles. The van der Waals surface area contributed by atoms with Crippen LogP contribution >= 0.6 is 11.3 Å². The first-order valence-corrected chi connectivity index (χ1v) is 10.6. The van der Waals surface area contributed by atoms with Gasteiger partial charge < -0.3 is 10.2 Å². The van der Waals surface area contributed by atoms with Crippen molar-refractivity contribution in [2.75, 3.05) is 31.5 Å². The fraction of sp³-hybridized carbons (Fsp3) is 0.261. The molecule has 0 atom stereocenters. The summed E-state index contributed by atoms with van der Waals surface area (Å²) >= 11 is 1.74. The van der Waals surface area contributed by atoms with Gasteiger partial charge in [-0.15, -0.1) is 0 Å². The number of piperazine rings is 1. The molecular weight excluding hydrogens is 366 g/mol. The highest BCUT2D eigenvalue weighted by molar-refractivity contribution is 7.07. The number of carbonyl (C=O) groups excluding carboxylic acids is 1. The van der Waals surface area contributed by atoms with E-state index in [-0.39, 0.29) is 6.03 Å². The van der Waals surface area contributed by atoms with E-state index < -0.39 is 0 Å². The molecule has 28 heavy (non-hydrogen) atoms. The first-order valence-electron chi connectivity index (χ1n) is 9.69. The number of nitrogens with zero attached hydrogens (tertiary/aromatic N) is 2. The van der Waals surface area contributed by atoms with E-state index in [0.717, 1.165) is 50.4 Å². The maximum absolute atomic E-state index is 12.8. The minimum absolute atomic E-state index is 0.00399. The number of para-hydroxylation sites is 1. The van der Waals surface area contributed by atoms with Crippen molar-refractivity contribution in [3.8, 4) is 0 Å². The number of anilines is 1. The van der Waals surface area contributed by atoms with Crippen LogP contribution in [0.4, 0.5) is 10.5 Å². The highest BCUT2D eigenvalue weighted by atomic mass is 32.1. The molecule has 4 rings (SSSR count). The van der Waals surface area contributed by atoms with Crippen LogP contribution in [0.5, 0.6) is 0 Å². The fourth-order valence-electron chi connectivity index (χ4n) is 3.56. The zero-order valence-corrected chi connectivity index (χ0v) is 16.7. The quantitative estimate of drug-likeness (QED) is 0.685. The number of nitrogens with one attached hydrogen (secondary N) is 1. The van der Waals surface area contributed by atoms with Crippen molar-refractivity contribution in [3.05, 3.63) is 88.1 Å². The van der Waals surface area contributed by atoms with Crippen LogP contribution in [0, 0.1) is 0 Å². The van der Waals surface area contributed by atoms with Crippen LogP contribution in [0.15, 0.2) is 71.4 Å². The van der Waals surface area contributed by atoms with Gasteiger partial charge in [0.25, 0.3) is 0 Å². The Balaban J connectivity index is 1.34. The molecule has 144 valence electrons. The number of carbonyl (C=O) groups is 1. The van der Waals surface area contributed by atoms with Gasteiger partial charge in [-0.25, -0.2) is 4.79 Å². The SMILES string of the molecule is O=C(Nc1ccccc1Cc1ccccc1)N1CCN(Cc2ccsc2)CC1. The number of urea groups is 1. The number of amides is 2. The predicted octanol–water partition coefficient (Wildman–Crippen LogP) is 4.69. The monoisotopic (exact) mass is 391 g/mol. The molecule has 1 aromatic heterocycles. The lowest BCUT2D eigenvalue weighted by molar-refractivity contribution is 0.143. The van der Waals surface area contributed by atoms with Crippen molar-refractivity contribution in [1.29, 1.82) is 0 Å². The van der Waals surface area contributed by atoms with E-state index in [0.29, 0.717) is 0 Å². The third kappa shape index (κ3) is 4.80. The summed E-state index contributed by atoms with van der Waals surface area (Å²) in [7, 11) is 0. The van der Waals surface area contributed by atoms with Gasteiger partial charge in [0.1, 0.15) is 0 Å². The number of benzene rings is 2. The van der Waals surface area contributed by atoms with Gasteiger partial charge in [-0.1, -0.05) is 48.5 Å². The average Bonchev–Trinajstić information content (AvgIpc) is 3.24. The molecule has 1 aliphatic heterocycles. The van der Waals surface area contributed by atoms with Crippen LogP contribution in [-0.4, -0.2) is 42.0 Å². The summed E-state index contributed by atoms with van der Waals surface area (Å²) in [6, 6.07) is 20.6. The Kier molecular flexibility index (Phi) is 6.04. The summed E-state index contributed by atoms with van der Waals surface area (Å²) < 4.78 is 0. The highest BCUT2D eigenvalue weighted by Gasteiger charge is 2.21. The summed E-state index contributed by atoms with van der Waals surface area (Å²) in [5.41, 5.74) is 4.64. The van der Waals surface area contributed by atoms with Crippen LogP contribution in [-0.2, 0) is 13.0 Å². The molecule has 1 N–H and O–H groups in total. The van der Waals surface area contributed by atoms with E-state index in [4.69, 9.17) is 0 Å². The molecular formula is C23H25N3OS. The Hall–Kier alpha value is -2.63. The molecule has 0 aliphatic carbocycles. The van der Waals surface area contributed by atoms with E-state index >= 15 is 0 Å². The summed E-state index contributed by atoms with van der Waals surface area (Å²) in [6.45, 7) is 4.32. The third-order valence-corrected chi connectivity index (χ3v) is 5.87. The van der Waals surface area contributed by atoms with E-state index in [1.54, 1.807) is 11.3 Å². The van der Waals surface area contributed by atoms with Gasteiger partial charge in [-0.3, -0.25) is 4.90 Å². The second-order valence-corrected chi connectivity index (χ2v) is 7.92. The summed E-state index contributed by atoms with van der Waals surface area (Å²) in [5.74, 6) is 0. The van der Waals surface area contributed by atoms with Crippen molar-refractivity contribution in [2.24, 2.45) is 0 Å². The summed E-state index contributed by atoms with van der Waals surface area (Å²) in [4.78, 5) is 17.1. The largest absolute Gasteiger partial charge is 0.322 e. The minimum Gasteiger partial charge on any atom is -0.322 e. The maximum atomic E-state index is 12.8. The van der Waals surface area contributed by atoms with Crippen LogP contribution in [0.1, 0.15) is 16.7 Å². The van der Waals surface area contributed by atoms with Gasteiger partial charge in [0.2, 0.25) is 0 Å². The Morgan fingerprint density at radius 1 is 0.893 bits per heavy atom. The molecule has 0 radical (unpaired) electrons. The molecule has 1 aliphatic rings. The smallest absolute Gasteiger partial charge is 0.321 e. The second kappa shape index (κ2) is 9.04. The first-order chi connectivity index (χ1) is 13.8. The van der Waals surface area contributed by atoms with Gasteiger partial charge >= 0.3 is 6.03 Å². The Morgan fingerprint density at radius 2 is 1.64 bits per heavy atom. The molecule has 2 amide bonds. The maximum Gasteiger partial charge on any atom is 0.321 e. The Morgan fingerprint density at radius 3 is 2.39 bits per heavy atom. The fourth-order valence-corrected chi connectivity index (χ4v) is 4.22. The summed E-state index contributed by atoms with van der Waals surface area (Å²) in [6.07, 6.45) is 0.811. The van der Waals surface area contributed by atoms with Crippen molar-refractivity contribution >= 4 is 23.1 Å². The van der Waals surface area contributed by atoms with Crippen LogP contribution in [0.3, 0.4) is 0 Å². The normalized spacial score (nSPS) is 14.8. The molecule has 0 bridgehead atoms. The van der Waals surface area contributed by atoms with Crippen LogP contribution in [0.2, 0.25) is 0 Å². The van der Waals surface area contributed by atoms with E-state index in [9.17, 15) is 4.79 Å². The number of hydrogen-bond acceptors (Lipinski definition) is 3. The predicted molar refractivity (Wildman–Crippen MR) is 116 cm³/mol. The molecule has 2 aromatic carbocycles. The standard InChI is InChI=1S/C23H25N3OS/c27-23(26-13-11-25(12-14-26)17-20-10-15-28-18-20)24-22-9-5-4-8-21(22)16-19-6-2-1-3-7-19/h1-10,15,18H,11-14,16-17H2,(H,24,27). The number of hydrogen-bond donors (Lipinski definition) is 1. The van der Waals surface area contributed by atoms with E-state index in [2.05, 4.69) is 45.2 Å². The highest BCUT2D eigenvalue weighted by Crippen LogP contribution is 2.20. The molecule has 1 saturated heterocycles. The van der Waals surface area contributed by atoms with Crippen molar-refractivity contribution in [3.63, 3.8) is 0 Å².